The third-order valence-corrected chi connectivity index (χ3v) is 5.86. The molecule has 0 bridgehead atoms. The van der Waals surface area contributed by atoms with Crippen LogP contribution in [0, 0.1) is 23.6 Å². The van der Waals surface area contributed by atoms with Crippen LogP contribution in [0.15, 0.2) is 30.7 Å². The standard InChI is InChI=1S/C19H22ClFN4O/c1-23-7-13-14(8-23)15(13)9-25(19(26)18-10-24(2)11-22-18)6-12-3-4-16(20)17(21)5-12/h3-5,10-11,13-15H,6-9H2,1-2H3/t13-,14+,15?. The minimum atomic E-state index is -0.459. The second-order valence-electron chi connectivity index (χ2n) is 7.57. The van der Waals surface area contributed by atoms with Crippen molar-refractivity contribution in [2.75, 3.05) is 26.7 Å². The van der Waals surface area contributed by atoms with E-state index >= 15 is 0 Å². The first-order chi connectivity index (χ1) is 12.4. The number of likely N-dealkylation sites (tertiary alicyclic amines) is 1. The predicted octanol–water partition coefficient (Wildman–Crippen LogP) is 2.66. The summed E-state index contributed by atoms with van der Waals surface area (Å²) < 4.78 is 15.6. The number of carbonyl (C=O) groups is 1. The van der Waals surface area contributed by atoms with Crippen LogP contribution in [0.5, 0.6) is 0 Å². The van der Waals surface area contributed by atoms with E-state index in [1.165, 1.54) is 12.1 Å². The number of halogens is 2. The summed E-state index contributed by atoms with van der Waals surface area (Å²) in [5.74, 6) is 1.29. The van der Waals surface area contributed by atoms with Crippen molar-refractivity contribution in [3.8, 4) is 0 Å². The number of hydrogen-bond donors (Lipinski definition) is 0. The van der Waals surface area contributed by atoms with Gasteiger partial charge in [-0.25, -0.2) is 9.37 Å². The zero-order valence-corrected chi connectivity index (χ0v) is 15.7. The van der Waals surface area contributed by atoms with Crippen LogP contribution in [0.4, 0.5) is 4.39 Å². The Morgan fingerprint density at radius 1 is 1.35 bits per heavy atom. The Morgan fingerprint density at radius 2 is 2.08 bits per heavy atom. The van der Waals surface area contributed by atoms with Gasteiger partial charge in [-0.2, -0.15) is 0 Å². The number of aryl methyl sites for hydroxylation is 1. The van der Waals surface area contributed by atoms with Gasteiger partial charge in [-0.15, -0.1) is 0 Å². The molecule has 0 radical (unpaired) electrons. The molecule has 2 aliphatic rings. The van der Waals surface area contributed by atoms with Crippen molar-refractivity contribution in [1.82, 2.24) is 19.4 Å². The highest BCUT2D eigenvalue weighted by Crippen LogP contribution is 2.51. The first kappa shape index (κ1) is 17.5. The maximum absolute atomic E-state index is 13.8. The lowest BCUT2D eigenvalue weighted by molar-refractivity contribution is 0.0720. The summed E-state index contributed by atoms with van der Waals surface area (Å²) in [5, 5.41) is 0.0936. The molecular weight excluding hydrogens is 355 g/mol. The van der Waals surface area contributed by atoms with Crippen molar-refractivity contribution in [1.29, 1.82) is 0 Å². The topological polar surface area (TPSA) is 41.4 Å². The second-order valence-corrected chi connectivity index (χ2v) is 7.98. The smallest absolute Gasteiger partial charge is 0.274 e. The Morgan fingerprint density at radius 3 is 2.69 bits per heavy atom. The summed E-state index contributed by atoms with van der Waals surface area (Å²) in [6, 6.07) is 4.71. The van der Waals surface area contributed by atoms with Gasteiger partial charge in [0.05, 0.1) is 11.3 Å². The Hall–Kier alpha value is -1.92. The normalized spacial score (nSPS) is 24.5. The average Bonchev–Trinajstić information content (AvgIpc) is 2.94. The Balaban J connectivity index is 1.52. The van der Waals surface area contributed by atoms with E-state index in [1.807, 2.05) is 7.05 Å². The van der Waals surface area contributed by atoms with E-state index in [0.717, 1.165) is 18.7 Å². The first-order valence-electron chi connectivity index (χ1n) is 8.82. The fourth-order valence-electron chi connectivity index (χ4n) is 4.15. The fourth-order valence-corrected chi connectivity index (χ4v) is 4.27. The molecule has 1 aliphatic heterocycles. The van der Waals surface area contributed by atoms with Crippen molar-refractivity contribution in [2.24, 2.45) is 24.8 Å². The van der Waals surface area contributed by atoms with Gasteiger partial charge in [0.25, 0.3) is 5.91 Å². The molecule has 1 unspecified atom stereocenters. The zero-order valence-electron chi connectivity index (χ0n) is 14.9. The highest BCUT2D eigenvalue weighted by molar-refractivity contribution is 6.30. The number of carbonyl (C=O) groups excluding carboxylic acids is 1. The van der Waals surface area contributed by atoms with E-state index in [0.29, 0.717) is 36.5 Å². The van der Waals surface area contributed by atoms with E-state index in [9.17, 15) is 9.18 Å². The van der Waals surface area contributed by atoms with Crippen LogP contribution in [-0.4, -0.2) is 51.9 Å². The van der Waals surface area contributed by atoms with Gasteiger partial charge in [0.2, 0.25) is 0 Å². The molecule has 1 aromatic carbocycles. The number of imidazole rings is 1. The van der Waals surface area contributed by atoms with Gasteiger partial charge >= 0.3 is 0 Å². The lowest BCUT2D eigenvalue weighted by atomic mass is 10.1. The van der Waals surface area contributed by atoms with Gasteiger partial charge in [0.15, 0.2) is 0 Å². The summed E-state index contributed by atoms with van der Waals surface area (Å²) in [7, 11) is 3.97. The van der Waals surface area contributed by atoms with Crippen LogP contribution in [0.2, 0.25) is 5.02 Å². The molecule has 26 heavy (non-hydrogen) atoms. The highest BCUT2D eigenvalue weighted by Gasteiger charge is 2.55. The molecule has 0 N–H and O–H groups in total. The molecule has 7 heteroatoms. The largest absolute Gasteiger partial charge is 0.340 e. The Bertz CT molecular complexity index is 827. The molecule has 1 amide bonds. The minimum absolute atomic E-state index is 0.0936. The van der Waals surface area contributed by atoms with Gasteiger partial charge in [0.1, 0.15) is 11.5 Å². The Labute approximate surface area is 157 Å². The number of piperidine rings is 1. The third-order valence-electron chi connectivity index (χ3n) is 5.55. The molecular formula is C19H22ClFN4O. The van der Waals surface area contributed by atoms with Gasteiger partial charge in [0, 0.05) is 39.4 Å². The molecule has 138 valence electrons. The number of benzene rings is 1. The number of amides is 1. The van der Waals surface area contributed by atoms with E-state index in [-0.39, 0.29) is 10.9 Å². The predicted molar refractivity (Wildman–Crippen MR) is 97.3 cm³/mol. The van der Waals surface area contributed by atoms with Gasteiger partial charge < -0.3 is 14.4 Å². The first-order valence-corrected chi connectivity index (χ1v) is 9.20. The second kappa shape index (κ2) is 6.67. The van der Waals surface area contributed by atoms with Crippen LogP contribution in [0.3, 0.4) is 0 Å². The van der Waals surface area contributed by atoms with Crippen molar-refractivity contribution < 1.29 is 9.18 Å². The lowest BCUT2D eigenvalue weighted by Crippen LogP contribution is -2.34. The van der Waals surface area contributed by atoms with Crippen molar-refractivity contribution in [3.05, 3.63) is 52.8 Å². The van der Waals surface area contributed by atoms with E-state index in [1.54, 1.807) is 28.1 Å². The summed E-state index contributed by atoms with van der Waals surface area (Å²) in [6.45, 7) is 3.23. The maximum atomic E-state index is 13.8. The monoisotopic (exact) mass is 376 g/mol. The molecule has 1 aromatic heterocycles. The van der Waals surface area contributed by atoms with Crippen molar-refractivity contribution >= 4 is 17.5 Å². The molecule has 2 aromatic rings. The van der Waals surface area contributed by atoms with E-state index in [2.05, 4.69) is 16.9 Å². The summed E-state index contributed by atoms with van der Waals surface area (Å²) in [6.07, 6.45) is 3.34. The van der Waals surface area contributed by atoms with Crippen molar-refractivity contribution in [2.45, 2.75) is 6.54 Å². The summed E-state index contributed by atoms with van der Waals surface area (Å²) in [4.78, 5) is 21.3. The molecule has 3 atom stereocenters. The van der Waals surface area contributed by atoms with Gasteiger partial charge in [-0.3, -0.25) is 4.79 Å². The zero-order chi connectivity index (χ0) is 18.4. The fraction of sp³-hybridized carbons (Fsp3) is 0.474. The molecule has 1 aliphatic carbocycles. The van der Waals surface area contributed by atoms with Crippen LogP contribution in [-0.2, 0) is 13.6 Å². The number of fused-ring (bicyclic) bond motifs is 1. The number of aromatic nitrogens is 2. The summed E-state index contributed by atoms with van der Waals surface area (Å²) in [5.41, 5.74) is 1.16. The third kappa shape index (κ3) is 3.35. The minimum Gasteiger partial charge on any atom is -0.340 e. The number of hydrogen-bond acceptors (Lipinski definition) is 3. The summed E-state index contributed by atoms with van der Waals surface area (Å²) >= 11 is 5.78. The molecule has 1 saturated heterocycles. The molecule has 2 fully saturated rings. The average molecular weight is 377 g/mol. The van der Waals surface area contributed by atoms with Crippen LogP contribution in [0.25, 0.3) is 0 Å². The van der Waals surface area contributed by atoms with Crippen molar-refractivity contribution in [3.63, 3.8) is 0 Å². The highest BCUT2D eigenvalue weighted by atomic mass is 35.5. The van der Waals surface area contributed by atoms with Crippen LogP contribution < -0.4 is 0 Å². The van der Waals surface area contributed by atoms with E-state index < -0.39 is 5.82 Å². The van der Waals surface area contributed by atoms with Crippen LogP contribution in [0.1, 0.15) is 16.1 Å². The number of nitrogens with zero attached hydrogens (tertiary/aromatic N) is 4. The Kier molecular flexibility index (Phi) is 4.49. The molecule has 5 nitrogen and oxygen atoms in total. The molecule has 2 heterocycles. The van der Waals surface area contributed by atoms with E-state index in [4.69, 9.17) is 11.6 Å². The SMILES string of the molecule is CN1C[C@@H]2C(CN(Cc3ccc(Cl)c(F)c3)C(=O)c3cn(C)cn3)[C@@H]2C1. The maximum Gasteiger partial charge on any atom is 0.274 e. The number of rotatable bonds is 5. The van der Waals surface area contributed by atoms with Gasteiger partial charge in [-0.1, -0.05) is 17.7 Å². The van der Waals surface area contributed by atoms with Crippen LogP contribution >= 0.6 is 11.6 Å². The lowest BCUT2D eigenvalue weighted by Gasteiger charge is -2.24. The molecule has 0 spiro atoms. The molecule has 1 saturated carbocycles. The molecule has 4 rings (SSSR count). The quantitative estimate of drug-likeness (QED) is 0.805. The van der Waals surface area contributed by atoms with Gasteiger partial charge in [-0.05, 0) is 42.5 Å².